The summed E-state index contributed by atoms with van der Waals surface area (Å²) < 4.78 is -0.250. The van der Waals surface area contributed by atoms with Crippen LogP contribution in [0.3, 0.4) is 0 Å². The van der Waals surface area contributed by atoms with E-state index in [1.54, 1.807) is 0 Å². The summed E-state index contributed by atoms with van der Waals surface area (Å²) in [4.78, 5) is 0. The first-order valence-electron chi connectivity index (χ1n) is 0.756. The van der Waals surface area contributed by atoms with Crippen LogP contribution in [0.1, 0.15) is 0 Å². The standard InChI is InChI=1S/CBr4.BrH/c2-1(3,4)5;/h;1H. The van der Waals surface area contributed by atoms with Crippen molar-refractivity contribution in [3.8, 4) is 0 Å². The van der Waals surface area contributed by atoms with E-state index in [-0.39, 0.29) is 18.0 Å². The molecule has 0 bridgehead atoms. The average Bonchev–Trinajstić information content (AvgIpc) is 0.722. The summed E-state index contributed by atoms with van der Waals surface area (Å²) in [7, 11) is 0. The predicted molar refractivity (Wildman–Crippen MR) is 48.8 cm³/mol. The van der Waals surface area contributed by atoms with Crippen molar-refractivity contribution in [3.63, 3.8) is 0 Å². The van der Waals surface area contributed by atoms with Crippen molar-refractivity contribution < 1.29 is 0 Å². The molecule has 5 heteroatoms. The van der Waals surface area contributed by atoms with Crippen LogP contribution in [-0.2, 0) is 0 Å². The number of rotatable bonds is 0. The van der Waals surface area contributed by atoms with E-state index in [0.29, 0.717) is 0 Å². The second kappa shape index (κ2) is 4.30. The molecule has 0 spiro atoms. The summed E-state index contributed by atoms with van der Waals surface area (Å²) in [6.45, 7) is 0. The molecule has 0 N–H and O–H groups in total. The van der Waals surface area contributed by atoms with E-state index >= 15 is 0 Å². The Kier molecular flexibility index (Phi) is 8.04. The fourth-order valence-corrected chi connectivity index (χ4v) is 0. The smallest absolute Gasteiger partial charge is 0.114 e. The minimum absolute atomic E-state index is 0. The fraction of sp³-hybridized carbons (Fsp3) is 1.00. The molecule has 0 radical (unpaired) electrons. The molecular weight excluding hydrogens is 412 g/mol. The van der Waals surface area contributed by atoms with Gasteiger partial charge in [0.25, 0.3) is 0 Å². The second-order valence-corrected chi connectivity index (χ2v) is 11.6. The quantitative estimate of drug-likeness (QED) is 0.532. The highest BCUT2D eigenvalue weighted by Gasteiger charge is 2.08. The Labute approximate surface area is 80.7 Å². The molecule has 0 saturated heterocycles. The van der Waals surface area contributed by atoms with Crippen molar-refractivity contribution in [3.05, 3.63) is 0 Å². The van der Waals surface area contributed by atoms with Crippen molar-refractivity contribution in [2.45, 2.75) is 1.05 Å². The molecule has 0 rings (SSSR count). The van der Waals surface area contributed by atoms with Crippen LogP contribution in [-0.4, -0.2) is 1.05 Å². The zero-order valence-electron chi connectivity index (χ0n) is 2.42. The molecule has 0 nitrogen and oxygen atoms in total. The van der Waals surface area contributed by atoms with Gasteiger partial charge in [-0.2, -0.15) is 0 Å². The van der Waals surface area contributed by atoms with Crippen LogP contribution in [0.4, 0.5) is 0 Å². The lowest BCUT2D eigenvalue weighted by Crippen LogP contribution is -1.75. The van der Waals surface area contributed by atoms with E-state index in [0.717, 1.165) is 0 Å². The second-order valence-electron chi connectivity index (χ2n) is 0.429. The summed E-state index contributed by atoms with van der Waals surface area (Å²) in [5.74, 6) is 0. The normalized spacial score (nSPS) is 10.0. The van der Waals surface area contributed by atoms with Gasteiger partial charge >= 0.3 is 0 Å². The van der Waals surface area contributed by atoms with E-state index in [1.807, 2.05) is 0 Å². The lowest BCUT2D eigenvalue weighted by molar-refractivity contribution is 2.14. The summed E-state index contributed by atoms with van der Waals surface area (Å²) >= 11 is 12.5. The van der Waals surface area contributed by atoms with Gasteiger partial charge in [-0.05, 0) is 63.7 Å². The van der Waals surface area contributed by atoms with Gasteiger partial charge in [0.1, 0.15) is 0 Å². The van der Waals surface area contributed by atoms with Gasteiger partial charge in [0, 0.05) is 0 Å². The number of halogens is 5. The first-order valence-corrected chi connectivity index (χ1v) is 3.93. The van der Waals surface area contributed by atoms with Gasteiger partial charge in [0.2, 0.25) is 0 Å². The summed E-state index contributed by atoms with van der Waals surface area (Å²) in [6, 6.07) is 0. The lowest BCUT2D eigenvalue weighted by atomic mass is 12.0. The van der Waals surface area contributed by atoms with Crippen molar-refractivity contribution in [2.75, 3.05) is 0 Å². The van der Waals surface area contributed by atoms with Crippen LogP contribution in [0, 0.1) is 0 Å². The van der Waals surface area contributed by atoms with E-state index in [1.165, 1.54) is 0 Å². The highest BCUT2D eigenvalue weighted by molar-refractivity contribution is 9.52. The molecule has 0 fully saturated rings. The molecule has 0 unspecified atom stereocenters. The van der Waals surface area contributed by atoms with Gasteiger partial charge in [-0.3, -0.25) is 0 Å². The third-order valence-electron chi connectivity index (χ3n) is 0. The first kappa shape index (κ1) is 11.2. The highest BCUT2D eigenvalue weighted by Crippen LogP contribution is 2.39. The van der Waals surface area contributed by atoms with Crippen LogP contribution in [0.5, 0.6) is 0 Å². The molecule has 0 aromatic heterocycles. The lowest BCUT2D eigenvalue weighted by Gasteiger charge is -1.93. The van der Waals surface area contributed by atoms with E-state index in [4.69, 9.17) is 0 Å². The third-order valence-corrected chi connectivity index (χ3v) is 0. The Morgan fingerprint density at radius 1 is 0.833 bits per heavy atom. The summed E-state index contributed by atoms with van der Waals surface area (Å²) in [5, 5.41) is 0. The summed E-state index contributed by atoms with van der Waals surface area (Å²) in [5.41, 5.74) is 0. The molecule has 0 aromatic carbocycles. The maximum Gasteiger partial charge on any atom is 0.189 e. The Morgan fingerprint density at radius 3 is 0.833 bits per heavy atom. The van der Waals surface area contributed by atoms with Crippen LogP contribution < -0.4 is 0 Å². The van der Waals surface area contributed by atoms with E-state index in [2.05, 4.69) is 63.7 Å². The number of hydrogen-bond acceptors (Lipinski definition) is 0. The number of alkyl halides is 4. The van der Waals surface area contributed by atoms with E-state index < -0.39 is 0 Å². The first-order chi connectivity index (χ1) is 2.00. The van der Waals surface area contributed by atoms with Gasteiger partial charge in [-0.15, -0.1) is 17.0 Å². The topological polar surface area (TPSA) is 0 Å². The Bertz CT molecular complexity index is 19.4. The van der Waals surface area contributed by atoms with Crippen LogP contribution in [0.2, 0.25) is 0 Å². The molecule has 0 heterocycles. The van der Waals surface area contributed by atoms with Crippen molar-refractivity contribution in [1.29, 1.82) is 0 Å². The minimum atomic E-state index is -0.250. The molecular formula is CHBr5. The third kappa shape index (κ3) is 32.4. The van der Waals surface area contributed by atoms with Gasteiger partial charge in [-0.1, -0.05) is 0 Å². The van der Waals surface area contributed by atoms with Gasteiger partial charge in [-0.25, -0.2) is 0 Å². The molecule has 0 aliphatic carbocycles. The average molecular weight is 413 g/mol. The molecule has 0 amide bonds. The predicted octanol–water partition coefficient (Wildman–Crippen LogP) is 3.76. The molecule has 0 aromatic rings. The van der Waals surface area contributed by atoms with Crippen LogP contribution >= 0.6 is 80.7 Å². The molecule has 6 heavy (non-hydrogen) atoms. The molecule has 0 aliphatic rings. The van der Waals surface area contributed by atoms with Crippen molar-refractivity contribution in [2.24, 2.45) is 0 Å². The monoisotopic (exact) mass is 408 g/mol. The zero-order valence-corrected chi connectivity index (χ0v) is 10.5. The molecule has 0 saturated carbocycles. The molecule has 0 atom stereocenters. The zero-order chi connectivity index (χ0) is 4.50. The Hall–Kier alpha value is 2.40. The fourth-order valence-electron chi connectivity index (χ4n) is 0. The SMILES string of the molecule is Br.BrC(Br)(Br)Br. The van der Waals surface area contributed by atoms with Crippen LogP contribution in [0.15, 0.2) is 0 Å². The van der Waals surface area contributed by atoms with Gasteiger partial charge in [0.05, 0.1) is 0 Å². The van der Waals surface area contributed by atoms with E-state index in [9.17, 15) is 0 Å². The molecule has 0 aliphatic heterocycles. The largest absolute Gasteiger partial charge is 0.189 e. The van der Waals surface area contributed by atoms with Crippen molar-refractivity contribution in [1.82, 2.24) is 0 Å². The van der Waals surface area contributed by atoms with Crippen molar-refractivity contribution >= 4 is 80.7 Å². The van der Waals surface area contributed by atoms with Gasteiger partial charge in [0.15, 0.2) is 1.05 Å². The maximum absolute atomic E-state index is 3.12. The highest BCUT2D eigenvalue weighted by atomic mass is 80.0. The Morgan fingerprint density at radius 2 is 0.833 bits per heavy atom. The molecule has 40 valence electrons. The number of hydrogen-bond donors (Lipinski definition) is 0. The maximum atomic E-state index is 3.12. The Balaban J connectivity index is 0. The minimum Gasteiger partial charge on any atom is -0.114 e. The van der Waals surface area contributed by atoms with Gasteiger partial charge < -0.3 is 0 Å². The van der Waals surface area contributed by atoms with Crippen LogP contribution in [0.25, 0.3) is 0 Å². The summed E-state index contributed by atoms with van der Waals surface area (Å²) in [6.07, 6.45) is 0.